The van der Waals surface area contributed by atoms with Gasteiger partial charge in [0.2, 0.25) is 11.8 Å². The number of likely N-dealkylation sites (tertiary alicyclic amines) is 1. The summed E-state index contributed by atoms with van der Waals surface area (Å²) in [6, 6.07) is 0.465. The van der Waals surface area contributed by atoms with Gasteiger partial charge in [0.25, 0.3) is 0 Å². The van der Waals surface area contributed by atoms with Crippen molar-refractivity contribution in [1.29, 1.82) is 0 Å². The quantitative estimate of drug-likeness (QED) is 0.862. The van der Waals surface area contributed by atoms with Gasteiger partial charge in [0.1, 0.15) is 0 Å². The molecule has 0 saturated carbocycles. The molecule has 7 heteroatoms. The molecule has 26 heavy (non-hydrogen) atoms. The zero-order chi connectivity index (χ0) is 18.3. The van der Waals surface area contributed by atoms with E-state index in [1.807, 2.05) is 17.9 Å². The first kappa shape index (κ1) is 17.5. The first-order valence-electron chi connectivity index (χ1n) is 9.76. The lowest BCUT2D eigenvalue weighted by molar-refractivity contribution is -0.153. The topological polar surface area (TPSA) is 70.5 Å². The number of nitrogens with one attached hydrogen (secondary N) is 1. The highest BCUT2D eigenvalue weighted by Gasteiger charge is 2.49. The maximum atomic E-state index is 12.7. The molecule has 0 spiro atoms. The Hall–Kier alpha value is -1.89. The summed E-state index contributed by atoms with van der Waals surface area (Å²) in [6.45, 7) is 5.07. The van der Waals surface area contributed by atoms with Gasteiger partial charge in [-0.05, 0) is 31.1 Å². The Morgan fingerprint density at radius 2 is 2.15 bits per heavy atom. The van der Waals surface area contributed by atoms with Crippen LogP contribution in [-0.2, 0) is 23.2 Å². The van der Waals surface area contributed by atoms with Gasteiger partial charge in [-0.2, -0.15) is 5.10 Å². The zero-order valence-corrected chi connectivity index (χ0v) is 15.7. The molecule has 3 aliphatic rings. The van der Waals surface area contributed by atoms with E-state index in [1.54, 1.807) is 6.92 Å². The Kier molecular flexibility index (Phi) is 4.73. The number of carbonyl (C=O) groups is 2. The molecular formula is C19H29N5O2. The first-order valence-corrected chi connectivity index (χ1v) is 9.76. The van der Waals surface area contributed by atoms with Crippen LogP contribution < -0.4 is 5.32 Å². The molecule has 1 aromatic rings. The second kappa shape index (κ2) is 7.02. The predicted molar refractivity (Wildman–Crippen MR) is 97.0 cm³/mol. The first-order chi connectivity index (χ1) is 12.5. The highest BCUT2D eigenvalue weighted by Crippen LogP contribution is 2.41. The monoisotopic (exact) mass is 359 g/mol. The van der Waals surface area contributed by atoms with E-state index in [4.69, 9.17) is 0 Å². The molecule has 7 nitrogen and oxygen atoms in total. The molecular weight excluding hydrogens is 330 g/mol. The number of aromatic nitrogens is 2. The highest BCUT2D eigenvalue weighted by molar-refractivity contribution is 5.78. The molecule has 1 aromatic heterocycles. The Morgan fingerprint density at radius 1 is 1.35 bits per heavy atom. The number of carbonyl (C=O) groups excluding carboxylic acids is 2. The van der Waals surface area contributed by atoms with Crippen LogP contribution in [0, 0.1) is 11.8 Å². The van der Waals surface area contributed by atoms with Gasteiger partial charge in [-0.3, -0.25) is 19.2 Å². The molecule has 142 valence electrons. The largest absolute Gasteiger partial charge is 0.354 e. The minimum absolute atomic E-state index is 0.0174. The van der Waals surface area contributed by atoms with Gasteiger partial charge in [-0.15, -0.1) is 0 Å². The summed E-state index contributed by atoms with van der Waals surface area (Å²) in [6.07, 6.45) is 7.94. The van der Waals surface area contributed by atoms with E-state index in [0.717, 1.165) is 32.5 Å². The molecule has 0 aliphatic carbocycles. The third-order valence-corrected chi connectivity index (χ3v) is 6.30. The van der Waals surface area contributed by atoms with Crippen LogP contribution in [0.1, 0.15) is 38.2 Å². The van der Waals surface area contributed by atoms with Crippen molar-refractivity contribution in [2.45, 2.75) is 51.2 Å². The van der Waals surface area contributed by atoms with Crippen LogP contribution >= 0.6 is 0 Å². The molecule has 4 rings (SSSR count). The lowest BCUT2D eigenvalue weighted by atomic mass is 9.72. The molecule has 2 amide bonds. The molecule has 0 aromatic carbocycles. The van der Waals surface area contributed by atoms with E-state index < -0.39 is 0 Å². The molecule has 0 radical (unpaired) electrons. The molecule has 1 N–H and O–H groups in total. The molecule has 3 saturated heterocycles. The molecule has 4 atom stereocenters. The van der Waals surface area contributed by atoms with Crippen LogP contribution in [0.4, 0.5) is 0 Å². The standard InChI is InChI=1S/C19H29N5O2/c1-13(25)20-8-18-16-6-15(17-4-3-5-19(26)24(17)18)11-23(12-16)10-14-7-21-22(2)9-14/h7,9,15-18H,3-6,8,10-12H2,1-2H3,(H,20,25)/t15-,16+,17+,18+/m1/s1. The number of piperidine rings is 3. The van der Waals surface area contributed by atoms with Crippen molar-refractivity contribution in [1.82, 2.24) is 24.9 Å². The summed E-state index contributed by atoms with van der Waals surface area (Å²) >= 11 is 0. The van der Waals surface area contributed by atoms with Gasteiger partial charge in [0.15, 0.2) is 0 Å². The second-order valence-corrected chi connectivity index (χ2v) is 8.24. The van der Waals surface area contributed by atoms with Crippen molar-refractivity contribution in [2.75, 3.05) is 19.6 Å². The summed E-state index contributed by atoms with van der Waals surface area (Å²) in [4.78, 5) is 28.8. The number of fused-ring (bicyclic) bond motifs is 4. The number of nitrogens with zero attached hydrogens (tertiary/aromatic N) is 4. The van der Waals surface area contributed by atoms with E-state index >= 15 is 0 Å². The molecule has 2 bridgehead atoms. The van der Waals surface area contributed by atoms with Crippen LogP contribution in [0.5, 0.6) is 0 Å². The van der Waals surface area contributed by atoms with Crippen LogP contribution in [-0.4, -0.2) is 63.1 Å². The van der Waals surface area contributed by atoms with E-state index in [1.165, 1.54) is 12.0 Å². The number of hydrogen-bond donors (Lipinski definition) is 1. The Labute approximate surface area is 154 Å². The third-order valence-electron chi connectivity index (χ3n) is 6.30. The lowest BCUT2D eigenvalue weighted by Gasteiger charge is -2.56. The van der Waals surface area contributed by atoms with Gasteiger partial charge < -0.3 is 10.2 Å². The SMILES string of the molecule is CC(=O)NC[C@H]1[C@H]2C[C@H](CN(Cc3cnn(C)c3)C2)[C@@H]2CCCC(=O)N21. The minimum atomic E-state index is -0.0174. The number of aryl methyl sites for hydroxylation is 1. The summed E-state index contributed by atoms with van der Waals surface area (Å²) in [5, 5.41) is 7.26. The molecule has 0 unspecified atom stereocenters. The van der Waals surface area contributed by atoms with Crippen LogP contribution in [0.2, 0.25) is 0 Å². The smallest absolute Gasteiger partial charge is 0.223 e. The van der Waals surface area contributed by atoms with Crippen molar-refractivity contribution >= 4 is 11.8 Å². The Morgan fingerprint density at radius 3 is 2.88 bits per heavy atom. The Bertz CT molecular complexity index is 687. The van der Waals surface area contributed by atoms with E-state index in [-0.39, 0.29) is 17.9 Å². The fourth-order valence-electron chi connectivity index (χ4n) is 5.32. The summed E-state index contributed by atoms with van der Waals surface area (Å²) < 4.78 is 1.85. The highest BCUT2D eigenvalue weighted by atomic mass is 16.2. The van der Waals surface area contributed by atoms with Gasteiger partial charge in [-0.25, -0.2) is 0 Å². The van der Waals surface area contributed by atoms with Crippen molar-refractivity contribution in [3.63, 3.8) is 0 Å². The molecule has 4 heterocycles. The fourth-order valence-corrected chi connectivity index (χ4v) is 5.32. The van der Waals surface area contributed by atoms with Crippen molar-refractivity contribution < 1.29 is 9.59 Å². The lowest BCUT2D eigenvalue weighted by Crippen LogP contribution is -2.66. The number of amides is 2. The van der Waals surface area contributed by atoms with Crippen molar-refractivity contribution in [2.24, 2.45) is 18.9 Å². The fraction of sp³-hybridized carbons (Fsp3) is 0.737. The average molecular weight is 359 g/mol. The minimum Gasteiger partial charge on any atom is -0.354 e. The van der Waals surface area contributed by atoms with Gasteiger partial charge >= 0.3 is 0 Å². The third kappa shape index (κ3) is 3.37. The van der Waals surface area contributed by atoms with Crippen molar-refractivity contribution in [3.05, 3.63) is 18.0 Å². The van der Waals surface area contributed by atoms with Gasteiger partial charge in [0.05, 0.1) is 12.2 Å². The summed E-state index contributed by atoms with van der Waals surface area (Å²) in [7, 11) is 1.95. The predicted octanol–water partition coefficient (Wildman–Crippen LogP) is 0.758. The normalized spacial score (nSPS) is 31.6. The van der Waals surface area contributed by atoms with Crippen LogP contribution in [0.3, 0.4) is 0 Å². The summed E-state index contributed by atoms with van der Waals surface area (Å²) in [5.74, 6) is 1.24. The number of rotatable bonds is 4. The van der Waals surface area contributed by atoms with E-state index in [9.17, 15) is 9.59 Å². The van der Waals surface area contributed by atoms with E-state index in [2.05, 4.69) is 26.4 Å². The molecule has 3 fully saturated rings. The maximum Gasteiger partial charge on any atom is 0.223 e. The Balaban J connectivity index is 1.53. The van der Waals surface area contributed by atoms with Gasteiger partial charge in [-0.1, -0.05) is 0 Å². The van der Waals surface area contributed by atoms with Crippen LogP contribution in [0.15, 0.2) is 12.4 Å². The molecule has 3 aliphatic heterocycles. The van der Waals surface area contributed by atoms with Crippen LogP contribution in [0.25, 0.3) is 0 Å². The summed E-state index contributed by atoms with van der Waals surface area (Å²) in [5.41, 5.74) is 1.24. The zero-order valence-electron chi connectivity index (χ0n) is 15.7. The van der Waals surface area contributed by atoms with Gasteiger partial charge in [0, 0.05) is 64.4 Å². The van der Waals surface area contributed by atoms with E-state index in [0.29, 0.717) is 30.8 Å². The maximum absolute atomic E-state index is 12.7. The number of hydrogen-bond acceptors (Lipinski definition) is 4. The second-order valence-electron chi connectivity index (χ2n) is 8.24. The van der Waals surface area contributed by atoms with Crippen molar-refractivity contribution in [3.8, 4) is 0 Å². The average Bonchev–Trinajstić information content (AvgIpc) is 3.00.